The Morgan fingerprint density at radius 1 is 1.08 bits per heavy atom. The minimum atomic E-state index is -0.0979. The van der Waals surface area contributed by atoms with E-state index in [2.05, 4.69) is 58.6 Å². The zero-order valence-corrected chi connectivity index (χ0v) is 16.8. The molecule has 1 unspecified atom stereocenters. The first-order chi connectivity index (χ1) is 11.1. The molecule has 0 saturated carbocycles. The van der Waals surface area contributed by atoms with Gasteiger partial charge in [0.25, 0.3) is 0 Å². The van der Waals surface area contributed by atoms with Crippen molar-refractivity contribution in [3.05, 3.63) is 28.8 Å². The monoisotopic (exact) mass is 351 g/mol. The van der Waals surface area contributed by atoms with Gasteiger partial charge >= 0.3 is 0 Å². The Morgan fingerprint density at radius 3 is 2.08 bits per heavy atom. The molecular formula is C20H33NO2S. The van der Waals surface area contributed by atoms with Gasteiger partial charge in [-0.15, -0.1) is 11.8 Å². The molecule has 1 aliphatic rings. The summed E-state index contributed by atoms with van der Waals surface area (Å²) in [6.07, 6.45) is 0.813. The Balaban J connectivity index is 2.50. The van der Waals surface area contributed by atoms with E-state index >= 15 is 0 Å². The molecule has 1 aliphatic heterocycles. The minimum absolute atomic E-state index is 0.0979. The fourth-order valence-electron chi connectivity index (χ4n) is 3.26. The van der Waals surface area contributed by atoms with E-state index in [0.29, 0.717) is 11.1 Å². The number of phenols is 1. The molecule has 0 radical (unpaired) electrons. The van der Waals surface area contributed by atoms with E-state index in [4.69, 9.17) is 5.11 Å². The van der Waals surface area contributed by atoms with Gasteiger partial charge < -0.3 is 10.2 Å². The van der Waals surface area contributed by atoms with Crippen LogP contribution in [-0.2, 0) is 10.8 Å². The van der Waals surface area contributed by atoms with Gasteiger partial charge in [-0.1, -0.05) is 41.5 Å². The van der Waals surface area contributed by atoms with Crippen molar-refractivity contribution in [2.45, 2.75) is 64.2 Å². The maximum Gasteiger partial charge on any atom is 0.123 e. The minimum Gasteiger partial charge on any atom is -0.507 e. The Morgan fingerprint density at radius 2 is 1.62 bits per heavy atom. The first kappa shape index (κ1) is 19.6. The number of rotatable bonds is 4. The number of phenolic OH excluding ortho intramolecular Hbond substituents is 1. The van der Waals surface area contributed by atoms with Crippen LogP contribution in [-0.4, -0.2) is 40.6 Å². The number of aromatic hydroxyl groups is 1. The van der Waals surface area contributed by atoms with Gasteiger partial charge in [-0.3, -0.25) is 4.90 Å². The number of aliphatic hydroxyl groups is 1. The van der Waals surface area contributed by atoms with Crippen LogP contribution in [0.2, 0.25) is 0 Å². The van der Waals surface area contributed by atoms with E-state index < -0.39 is 0 Å². The Bertz CT molecular complexity index is 537. The highest BCUT2D eigenvalue weighted by Crippen LogP contribution is 2.45. The van der Waals surface area contributed by atoms with Gasteiger partial charge in [-0.25, -0.2) is 0 Å². The van der Waals surface area contributed by atoms with Crippen LogP contribution in [0.1, 0.15) is 70.0 Å². The van der Waals surface area contributed by atoms with Gasteiger partial charge in [-0.05, 0) is 46.1 Å². The highest BCUT2D eigenvalue weighted by molar-refractivity contribution is 7.99. The van der Waals surface area contributed by atoms with E-state index in [9.17, 15) is 5.11 Å². The molecule has 3 nitrogen and oxygen atoms in total. The highest BCUT2D eigenvalue weighted by atomic mass is 32.2. The van der Waals surface area contributed by atoms with E-state index in [1.165, 1.54) is 5.56 Å². The van der Waals surface area contributed by atoms with E-state index in [1.807, 2.05) is 11.8 Å². The lowest BCUT2D eigenvalue weighted by molar-refractivity contribution is 0.230. The maximum absolute atomic E-state index is 10.9. The predicted octanol–water partition coefficient (Wildman–Crippen LogP) is 4.42. The standard InChI is InChI=1S/C20H33NO2S/c1-19(2,3)15-12-14(13-16(17(15)23)20(4,5)6)18-21(8-7-10-22)9-11-24-18/h12-13,18,22-23H,7-11H2,1-6H3. The Labute approximate surface area is 151 Å². The lowest BCUT2D eigenvalue weighted by Gasteiger charge is -2.31. The van der Waals surface area contributed by atoms with Crippen molar-refractivity contribution in [3.63, 3.8) is 0 Å². The molecule has 0 bridgehead atoms. The quantitative estimate of drug-likeness (QED) is 0.843. The van der Waals surface area contributed by atoms with Crippen LogP contribution in [0.25, 0.3) is 0 Å². The molecule has 1 atom stereocenters. The summed E-state index contributed by atoms with van der Waals surface area (Å²) >= 11 is 1.96. The van der Waals surface area contributed by atoms with Crippen LogP contribution in [0.5, 0.6) is 5.75 Å². The van der Waals surface area contributed by atoms with Crippen molar-refractivity contribution < 1.29 is 10.2 Å². The van der Waals surface area contributed by atoms with E-state index in [1.54, 1.807) is 0 Å². The molecule has 136 valence electrons. The van der Waals surface area contributed by atoms with Crippen molar-refractivity contribution in [2.75, 3.05) is 25.4 Å². The maximum atomic E-state index is 10.9. The Hall–Kier alpha value is -0.710. The van der Waals surface area contributed by atoms with Crippen molar-refractivity contribution in [1.29, 1.82) is 0 Å². The highest BCUT2D eigenvalue weighted by Gasteiger charge is 2.31. The molecule has 0 aliphatic carbocycles. The average molecular weight is 352 g/mol. The SMILES string of the molecule is CC(C)(C)c1cc(C2SCCN2CCCO)cc(C(C)(C)C)c1O. The normalized spacial score (nSPS) is 19.9. The summed E-state index contributed by atoms with van der Waals surface area (Å²) in [5.74, 6) is 1.57. The number of thioether (sulfide) groups is 1. The molecule has 1 saturated heterocycles. The molecule has 1 aromatic rings. The number of hydrogen-bond donors (Lipinski definition) is 2. The second kappa shape index (κ2) is 7.27. The van der Waals surface area contributed by atoms with Crippen molar-refractivity contribution in [2.24, 2.45) is 0 Å². The molecule has 2 rings (SSSR count). The van der Waals surface area contributed by atoms with Crippen LogP contribution in [0, 0.1) is 0 Å². The zero-order chi connectivity index (χ0) is 18.1. The van der Waals surface area contributed by atoms with Gasteiger partial charge in [-0.2, -0.15) is 0 Å². The molecule has 2 N–H and O–H groups in total. The molecule has 0 amide bonds. The number of hydrogen-bond acceptors (Lipinski definition) is 4. The smallest absolute Gasteiger partial charge is 0.123 e. The molecule has 4 heteroatoms. The van der Waals surface area contributed by atoms with Crippen molar-refractivity contribution >= 4 is 11.8 Å². The molecule has 0 aromatic heterocycles. The second-order valence-electron chi connectivity index (χ2n) is 8.80. The van der Waals surface area contributed by atoms with Gasteiger partial charge in [0, 0.05) is 25.4 Å². The third-order valence-electron chi connectivity index (χ3n) is 4.62. The van der Waals surface area contributed by atoms with Crippen molar-refractivity contribution in [3.8, 4) is 5.75 Å². The largest absolute Gasteiger partial charge is 0.507 e. The van der Waals surface area contributed by atoms with E-state index in [-0.39, 0.29) is 17.4 Å². The number of nitrogens with zero attached hydrogens (tertiary/aromatic N) is 1. The zero-order valence-electron chi connectivity index (χ0n) is 16.0. The fraction of sp³-hybridized carbons (Fsp3) is 0.700. The summed E-state index contributed by atoms with van der Waals surface area (Å²) in [5, 5.41) is 20.4. The molecule has 24 heavy (non-hydrogen) atoms. The first-order valence-electron chi connectivity index (χ1n) is 8.90. The Kier molecular flexibility index (Phi) is 5.94. The number of benzene rings is 1. The lowest BCUT2D eigenvalue weighted by Crippen LogP contribution is -2.26. The third-order valence-corrected chi connectivity index (χ3v) is 5.93. The van der Waals surface area contributed by atoms with Gasteiger partial charge in [0.15, 0.2) is 0 Å². The summed E-state index contributed by atoms with van der Waals surface area (Å²) < 4.78 is 0. The predicted molar refractivity (Wildman–Crippen MR) is 104 cm³/mol. The molecule has 1 fully saturated rings. The van der Waals surface area contributed by atoms with Gasteiger partial charge in [0.05, 0.1) is 5.37 Å². The van der Waals surface area contributed by atoms with Crippen LogP contribution < -0.4 is 0 Å². The second-order valence-corrected chi connectivity index (χ2v) is 9.99. The molecule has 1 aromatic carbocycles. The van der Waals surface area contributed by atoms with Crippen LogP contribution in [0.15, 0.2) is 12.1 Å². The lowest BCUT2D eigenvalue weighted by atomic mass is 9.78. The fourth-order valence-corrected chi connectivity index (χ4v) is 4.57. The summed E-state index contributed by atoms with van der Waals surface area (Å²) in [4.78, 5) is 2.45. The topological polar surface area (TPSA) is 43.7 Å². The van der Waals surface area contributed by atoms with Crippen LogP contribution in [0.3, 0.4) is 0 Å². The average Bonchev–Trinajstić information content (AvgIpc) is 2.91. The van der Waals surface area contributed by atoms with Crippen molar-refractivity contribution in [1.82, 2.24) is 4.90 Å². The third kappa shape index (κ3) is 4.27. The summed E-state index contributed by atoms with van der Waals surface area (Å²) in [5.41, 5.74) is 3.14. The summed E-state index contributed by atoms with van der Waals surface area (Å²) in [6, 6.07) is 4.39. The molecular weight excluding hydrogens is 318 g/mol. The van der Waals surface area contributed by atoms with Gasteiger partial charge in [0.2, 0.25) is 0 Å². The summed E-state index contributed by atoms with van der Waals surface area (Å²) in [7, 11) is 0. The molecule has 0 spiro atoms. The first-order valence-corrected chi connectivity index (χ1v) is 9.95. The van der Waals surface area contributed by atoms with Crippen LogP contribution >= 0.6 is 11.8 Å². The number of aliphatic hydroxyl groups excluding tert-OH is 1. The summed E-state index contributed by atoms with van der Waals surface area (Å²) in [6.45, 7) is 15.2. The van der Waals surface area contributed by atoms with Gasteiger partial charge in [0.1, 0.15) is 5.75 Å². The molecule has 1 heterocycles. The van der Waals surface area contributed by atoms with E-state index in [0.717, 1.165) is 36.4 Å². The van der Waals surface area contributed by atoms with Crippen LogP contribution in [0.4, 0.5) is 0 Å².